The van der Waals surface area contributed by atoms with Gasteiger partial charge in [0.25, 0.3) is 11.1 Å². The Morgan fingerprint density at radius 2 is 1.18 bits per heavy atom. The maximum atomic E-state index is 12.0. The minimum Gasteiger partial charge on any atom is -0.339 e. The summed E-state index contributed by atoms with van der Waals surface area (Å²) in [6, 6.07) is 17.9. The topological polar surface area (TPSA) is 199 Å². The Bertz CT molecular complexity index is 2290. The standard InChI is InChI=1S/C14H8ClN5O.C14H11ClN4O3S/c15-11-5-10-12(14(21)18-7-17-10)13(20-11)19-9-3-1-8(6-16)2-4-9;1-23(21,22)9-4-2-8(3-5-9)18-13-12-10(6-11(15)19-13)16-7-17-14(12)20/h1-5,7H,(H,19,20)(H,17,18,21);2-7H,1H3,(H,18,19)(H,16,17,20). The highest BCUT2D eigenvalue weighted by atomic mass is 35.5. The van der Waals surface area contributed by atoms with Crippen LogP contribution >= 0.6 is 23.2 Å². The lowest BCUT2D eigenvalue weighted by atomic mass is 10.2. The van der Waals surface area contributed by atoms with Gasteiger partial charge in [0, 0.05) is 29.8 Å². The molecule has 0 bridgehead atoms. The number of fused-ring (bicyclic) bond motifs is 2. The van der Waals surface area contributed by atoms with E-state index in [-0.39, 0.29) is 37.5 Å². The first-order valence-corrected chi connectivity index (χ1v) is 15.1. The summed E-state index contributed by atoms with van der Waals surface area (Å²) < 4.78 is 22.9. The molecule has 0 aliphatic rings. The molecule has 6 aromatic rings. The van der Waals surface area contributed by atoms with Crippen molar-refractivity contribution in [2.75, 3.05) is 16.9 Å². The number of halogens is 2. The smallest absolute Gasteiger partial charge is 0.262 e. The van der Waals surface area contributed by atoms with Crippen LogP contribution < -0.4 is 21.8 Å². The van der Waals surface area contributed by atoms with Gasteiger partial charge in [0.15, 0.2) is 9.84 Å². The summed E-state index contributed by atoms with van der Waals surface area (Å²) >= 11 is 11.9. The van der Waals surface area contributed by atoms with Crippen LogP contribution in [0.15, 0.2) is 87.8 Å². The number of aromatic nitrogens is 6. The SMILES string of the molecule is CS(=O)(=O)c1ccc(Nc2nc(Cl)cc3nc[nH]c(=O)c23)cc1.N#Cc1ccc(Nc2nc(Cl)cc3nc[nH]c(=O)c23)cc1. The van der Waals surface area contributed by atoms with Gasteiger partial charge in [0.1, 0.15) is 32.7 Å². The molecule has 0 unspecified atom stereocenters. The number of benzene rings is 2. The van der Waals surface area contributed by atoms with E-state index < -0.39 is 9.84 Å². The van der Waals surface area contributed by atoms with E-state index in [0.717, 1.165) is 6.26 Å². The van der Waals surface area contributed by atoms with Crippen molar-refractivity contribution < 1.29 is 8.42 Å². The predicted molar refractivity (Wildman–Crippen MR) is 168 cm³/mol. The lowest BCUT2D eigenvalue weighted by Crippen LogP contribution is -2.10. The maximum Gasteiger partial charge on any atom is 0.262 e. The van der Waals surface area contributed by atoms with Gasteiger partial charge in [-0.15, -0.1) is 0 Å². The van der Waals surface area contributed by atoms with Crippen LogP contribution in [0.2, 0.25) is 10.3 Å². The third-order valence-corrected chi connectivity index (χ3v) is 7.53. The fraction of sp³-hybridized carbons (Fsp3) is 0.0357. The first-order chi connectivity index (χ1) is 21.0. The third kappa shape index (κ3) is 6.81. The number of pyridine rings is 2. The molecule has 220 valence electrons. The zero-order valence-electron chi connectivity index (χ0n) is 22.5. The van der Waals surface area contributed by atoms with Gasteiger partial charge in [-0.2, -0.15) is 5.26 Å². The van der Waals surface area contributed by atoms with Crippen LogP contribution in [0.3, 0.4) is 0 Å². The van der Waals surface area contributed by atoms with Gasteiger partial charge < -0.3 is 20.6 Å². The second kappa shape index (κ2) is 12.5. The molecular formula is C28H19Cl2N9O4S. The lowest BCUT2D eigenvalue weighted by molar-refractivity contribution is 0.602. The average molecular weight is 648 g/mol. The summed E-state index contributed by atoms with van der Waals surface area (Å²) in [5.74, 6) is 0.561. The quantitative estimate of drug-likeness (QED) is 0.189. The third-order valence-electron chi connectivity index (χ3n) is 6.01. The van der Waals surface area contributed by atoms with Crippen LogP contribution in [0.25, 0.3) is 21.8 Å². The van der Waals surface area contributed by atoms with E-state index in [1.165, 1.54) is 36.9 Å². The Hall–Kier alpha value is -5.36. The summed E-state index contributed by atoms with van der Waals surface area (Å²) in [7, 11) is -3.27. The number of nitrogens with zero attached hydrogens (tertiary/aromatic N) is 5. The highest BCUT2D eigenvalue weighted by Crippen LogP contribution is 2.25. The van der Waals surface area contributed by atoms with Crippen LogP contribution in [-0.4, -0.2) is 44.6 Å². The van der Waals surface area contributed by atoms with Crippen LogP contribution in [0, 0.1) is 11.3 Å². The second-order valence-corrected chi connectivity index (χ2v) is 11.9. The van der Waals surface area contributed by atoms with E-state index in [2.05, 4.69) is 40.5 Å². The molecule has 0 atom stereocenters. The molecule has 4 aromatic heterocycles. The van der Waals surface area contributed by atoms with Gasteiger partial charge in [-0.05, 0) is 48.5 Å². The molecule has 0 saturated heterocycles. The lowest BCUT2D eigenvalue weighted by Gasteiger charge is -2.09. The Kier molecular flexibility index (Phi) is 8.54. The highest BCUT2D eigenvalue weighted by molar-refractivity contribution is 7.90. The molecule has 0 aliphatic heterocycles. The van der Waals surface area contributed by atoms with Gasteiger partial charge in [-0.1, -0.05) is 23.2 Å². The van der Waals surface area contributed by atoms with Gasteiger partial charge in [0.05, 0.1) is 40.2 Å². The normalized spacial score (nSPS) is 11.0. The highest BCUT2D eigenvalue weighted by Gasteiger charge is 2.12. The van der Waals surface area contributed by atoms with Gasteiger partial charge in [-0.3, -0.25) is 9.59 Å². The molecule has 0 radical (unpaired) electrons. The van der Waals surface area contributed by atoms with Crippen molar-refractivity contribution in [2.24, 2.45) is 0 Å². The predicted octanol–water partition coefficient (Wildman–Crippen LogP) is 4.71. The molecule has 16 heteroatoms. The number of aromatic amines is 2. The molecular weight excluding hydrogens is 629 g/mol. The van der Waals surface area contributed by atoms with Crippen molar-refractivity contribution in [3.63, 3.8) is 0 Å². The number of nitrogens with one attached hydrogen (secondary N) is 4. The number of hydrogen-bond acceptors (Lipinski definition) is 11. The number of H-pyrrole nitrogens is 2. The maximum absolute atomic E-state index is 12.0. The molecule has 13 nitrogen and oxygen atoms in total. The van der Waals surface area contributed by atoms with E-state index in [0.29, 0.717) is 39.2 Å². The Morgan fingerprint density at radius 3 is 1.59 bits per heavy atom. The van der Waals surface area contributed by atoms with Gasteiger partial charge in [-0.25, -0.2) is 28.4 Å². The summed E-state index contributed by atoms with van der Waals surface area (Å²) in [5.41, 5.74) is 2.00. The first kappa shape index (κ1) is 30.1. The molecule has 6 rings (SSSR count). The molecule has 4 heterocycles. The molecule has 0 aliphatic carbocycles. The van der Waals surface area contributed by atoms with E-state index in [4.69, 9.17) is 28.5 Å². The number of anilines is 4. The molecule has 2 aromatic carbocycles. The summed E-state index contributed by atoms with van der Waals surface area (Å²) in [5, 5.41) is 15.8. The van der Waals surface area contributed by atoms with Crippen molar-refractivity contribution in [1.29, 1.82) is 5.26 Å². The largest absolute Gasteiger partial charge is 0.339 e. The fourth-order valence-corrected chi connectivity index (χ4v) is 4.99. The first-order valence-electron chi connectivity index (χ1n) is 12.4. The summed E-state index contributed by atoms with van der Waals surface area (Å²) in [6.07, 6.45) is 3.73. The van der Waals surface area contributed by atoms with Crippen molar-refractivity contribution in [3.05, 3.63) is 110 Å². The molecule has 0 saturated carbocycles. The average Bonchev–Trinajstić information content (AvgIpc) is 2.97. The number of hydrogen-bond donors (Lipinski definition) is 4. The van der Waals surface area contributed by atoms with E-state index in [1.807, 2.05) is 6.07 Å². The second-order valence-electron chi connectivity index (χ2n) is 9.07. The van der Waals surface area contributed by atoms with E-state index >= 15 is 0 Å². The van der Waals surface area contributed by atoms with Crippen molar-refractivity contribution in [2.45, 2.75) is 4.90 Å². The number of rotatable bonds is 5. The van der Waals surface area contributed by atoms with Gasteiger partial charge in [0.2, 0.25) is 0 Å². The Balaban J connectivity index is 0.000000175. The van der Waals surface area contributed by atoms with Crippen molar-refractivity contribution in [1.82, 2.24) is 29.9 Å². The number of sulfone groups is 1. The zero-order valence-corrected chi connectivity index (χ0v) is 24.8. The van der Waals surface area contributed by atoms with Crippen LogP contribution in [0.1, 0.15) is 5.56 Å². The van der Waals surface area contributed by atoms with Crippen molar-refractivity contribution >= 4 is 77.9 Å². The van der Waals surface area contributed by atoms with Crippen LogP contribution in [-0.2, 0) is 9.84 Å². The molecule has 0 fully saturated rings. The number of nitriles is 1. The van der Waals surface area contributed by atoms with E-state index in [1.54, 1.807) is 36.4 Å². The van der Waals surface area contributed by atoms with Crippen LogP contribution in [0.4, 0.5) is 23.0 Å². The molecule has 44 heavy (non-hydrogen) atoms. The Morgan fingerprint density at radius 1 is 0.750 bits per heavy atom. The fourth-order valence-electron chi connectivity index (χ4n) is 3.99. The Labute approximate surface area is 258 Å². The summed E-state index contributed by atoms with van der Waals surface area (Å²) in [4.78, 5) is 45.5. The minimum atomic E-state index is -3.27. The molecule has 4 N–H and O–H groups in total. The van der Waals surface area contributed by atoms with Gasteiger partial charge >= 0.3 is 0 Å². The summed E-state index contributed by atoms with van der Waals surface area (Å²) in [6.45, 7) is 0. The zero-order chi connectivity index (χ0) is 31.4. The van der Waals surface area contributed by atoms with Crippen LogP contribution in [0.5, 0.6) is 0 Å². The van der Waals surface area contributed by atoms with E-state index in [9.17, 15) is 18.0 Å². The minimum absolute atomic E-state index is 0.186. The van der Waals surface area contributed by atoms with Crippen molar-refractivity contribution in [3.8, 4) is 6.07 Å². The molecule has 0 spiro atoms. The monoisotopic (exact) mass is 647 g/mol. The molecule has 0 amide bonds.